The average Bonchev–Trinajstić information content (AvgIpc) is 2.59. The zero-order chi connectivity index (χ0) is 17.7. The fourth-order valence-electron chi connectivity index (χ4n) is 2.03. The molecule has 24 heavy (non-hydrogen) atoms. The van der Waals surface area contributed by atoms with Gasteiger partial charge in [-0.2, -0.15) is 0 Å². The topological polar surface area (TPSA) is 92.5 Å². The van der Waals surface area contributed by atoms with Gasteiger partial charge < -0.3 is 10.4 Å². The number of nitro groups is 1. The van der Waals surface area contributed by atoms with E-state index in [-0.39, 0.29) is 12.2 Å². The molecule has 0 aliphatic carbocycles. The quantitative estimate of drug-likeness (QED) is 0.464. The highest BCUT2D eigenvalue weighted by Crippen LogP contribution is 2.23. The molecule has 0 spiro atoms. The lowest BCUT2D eigenvalue weighted by Crippen LogP contribution is -2.28. The first-order valence-corrected chi connectivity index (χ1v) is 8.57. The second kappa shape index (κ2) is 8.14. The van der Waals surface area contributed by atoms with Crippen LogP contribution < -0.4 is 5.32 Å². The number of amides is 1. The van der Waals surface area contributed by atoms with E-state index in [2.05, 4.69) is 5.32 Å². The summed E-state index contributed by atoms with van der Waals surface area (Å²) in [5, 5.41) is 23.6. The van der Waals surface area contributed by atoms with Crippen LogP contribution in [0, 0.1) is 10.1 Å². The van der Waals surface area contributed by atoms with Crippen LogP contribution in [0.5, 0.6) is 0 Å². The second-order valence-electron chi connectivity index (χ2n) is 4.92. The highest BCUT2D eigenvalue weighted by Gasteiger charge is 2.15. The van der Waals surface area contributed by atoms with E-state index in [1.807, 2.05) is 12.3 Å². The number of benzene rings is 2. The van der Waals surface area contributed by atoms with E-state index in [9.17, 15) is 20.0 Å². The Kier molecular flexibility index (Phi) is 6.19. The zero-order valence-corrected chi connectivity index (χ0v) is 14.3. The molecular weight excluding hydrogens is 352 g/mol. The first kappa shape index (κ1) is 18.3. The average molecular weight is 367 g/mol. The van der Waals surface area contributed by atoms with Crippen LogP contribution in [0.25, 0.3) is 0 Å². The maximum atomic E-state index is 12.2. The molecule has 0 heterocycles. The van der Waals surface area contributed by atoms with Crippen molar-refractivity contribution in [1.29, 1.82) is 0 Å². The molecule has 1 amide bonds. The van der Waals surface area contributed by atoms with Crippen molar-refractivity contribution >= 4 is 35.0 Å². The number of rotatable bonds is 6. The molecule has 1 atom stereocenters. The predicted octanol–water partition coefficient (Wildman–Crippen LogP) is 3.43. The number of hydrogen-bond acceptors (Lipinski definition) is 5. The fourth-order valence-corrected chi connectivity index (χ4v) is 2.67. The van der Waals surface area contributed by atoms with Crippen molar-refractivity contribution in [3.63, 3.8) is 0 Å². The first-order chi connectivity index (χ1) is 11.4. The summed E-state index contributed by atoms with van der Waals surface area (Å²) in [7, 11) is 0. The summed E-state index contributed by atoms with van der Waals surface area (Å²) < 4.78 is 0. The Labute approximate surface area is 148 Å². The van der Waals surface area contributed by atoms with Crippen molar-refractivity contribution in [3.8, 4) is 0 Å². The molecule has 0 saturated carbocycles. The van der Waals surface area contributed by atoms with Crippen molar-refractivity contribution in [2.75, 3.05) is 12.8 Å². The van der Waals surface area contributed by atoms with Gasteiger partial charge in [-0.15, -0.1) is 11.8 Å². The van der Waals surface area contributed by atoms with Gasteiger partial charge in [-0.25, -0.2) is 0 Å². The molecule has 2 aromatic carbocycles. The lowest BCUT2D eigenvalue weighted by atomic mass is 10.1. The highest BCUT2D eigenvalue weighted by molar-refractivity contribution is 7.98. The minimum atomic E-state index is -0.975. The van der Waals surface area contributed by atoms with E-state index in [1.54, 1.807) is 12.1 Å². The Hall–Kier alpha value is -2.09. The number of aliphatic hydroxyl groups excluding tert-OH is 1. The molecule has 0 fully saturated rings. The number of carbonyl (C=O) groups excluding carboxylic acids is 1. The lowest BCUT2D eigenvalue weighted by Gasteiger charge is -2.13. The molecule has 0 radical (unpaired) electrons. The number of thioether (sulfide) groups is 1. The number of hydrogen-bond donors (Lipinski definition) is 2. The molecule has 2 aromatic rings. The molecule has 1 unspecified atom stereocenters. The van der Waals surface area contributed by atoms with Crippen LogP contribution in [0.4, 0.5) is 5.69 Å². The molecule has 0 aromatic heterocycles. The summed E-state index contributed by atoms with van der Waals surface area (Å²) >= 11 is 7.52. The van der Waals surface area contributed by atoms with Crippen molar-refractivity contribution in [3.05, 3.63) is 68.7 Å². The van der Waals surface area contributed by atoms with Gasteiger partial charge in [0.15, 0.2) is 0 Å². The minimum absolute atomic E-state index is 0.0313. The number of nitrogens with one attached hydrogen (secondary N) is 1. The molecule has 8 heteroatoms. The minimum Gasteiger partial charge on any atom is -0.387 e. The number of carbonyl (C=O) groups is 1. The van der Waals surface area contributed by atoms with E-state index in [0.717, 1.165) is 4.90 Å². The largest absolute Gasteiger partial charge is 0.387 e. The molecule has 2 N–H and O–H groups in total. The zero-order valence-electron chi connectivity index (χ0n) is 12.7. The summed E-state index contributed by atoms with van der Waals surface area (Å²) in [6, 6.07) is 10.7. The van der Waals surface area contributed by atoms with Crippen LogP contribution >= 0.6 is 23.4 Å². The van der Waals surface area contributed by atoms with E-state index in [0.29, 0.717) is 16.1 Å². The third-order valence-corrected chi connectivity index (χ3v) is 4.42. The standard InChI is InChI=1S/C16H15ClN2O4S/c1-24-12-6-7-14(17)13(8-12)16(21)18-9-15(20)10-2-4-11(5-3-10)19(22)23/h2-8,15,20H,9H2,1H3,(H,18,21). The second-order valence-corrected chi connectivity index (χ2v) is 6.21. The molecule has 0 bridgehead atoms. The Morgan fingerprint density at radius 2 is 2.00 bits per heavy atom. The Balaban J connectivity index is 2.01. The lowest BCUT2D eigenvalue weighted by molar-refractivity contribution is -0.384. The van der Waals surface area contributed by atoms with Gasteiger partial charge >= 0.3 is 0 Å². The van der Waals surface area contributed by atoms with E-state index in [1.165, 1.54) is 36.0 Å². The van der Waals surface area contributed by atoms with Crippen molar-refractivity contribution < 1.29 is 14.8 Å². The fraction of sp³-hybridized carbons (Fsp3) is 0.188. The van der Waals surface area contributed by atoms with Crippen molar-refractivity contribution in [2.45, 2.75) is 11.0 Å². The van der Waals surface area contributed by atoms with Crippen LogP contribution in [0.2, 0.25) is 5.02 Å². The van der Waals surface area contributed by atoms with Crippen LogP contribution in [-0.4, -0.2) is 28.7 Å². The van der Waals surface area contributed by atoms with Crippen molar-refractivity contribution in [1.82, 2.24) is 5.32 Å². The van der Waals surface area contributed by atoms with Crippen LogP contribution in [-0.2, 0) is 0 Å². The Morgan fingerprint density at radius 1 is 1.33 bits per heavy atom. The van der Waals surface area contributed by atoms with Crippen LogP contribution in [0.3, 0.4) is 0 Å². The molecule has 2 rings (SSSR count). The van der Waals surface area contributed by atoms with Gasteiger partial charge in [-0.05, 0) is 42.2 Å². The predicted molar refractivity (Wildman–Crippen MR) is 93.6 cm³/mol. The summed E-state index contributed by atoms with van der Waals surface area (Å²) in [4.78, 5) is 23.2. The van der Waals surface area contributed by atoms with Crippen LogP contribution in [0.1, 0.15) is 22.0 Å². The summed E-state index contributed by atoms with van der Waals surface area (Å²) in [5.74, 6) is -0.392. The first-order valence-electron chi connectivity index (χ1n) is 6.96. The third-order valence-electron chi connectivity index (χ3n) is 3.36. The van der Waals surface area contributed by atoms with Gasteiger partial charge in [0.2, 0.25) is 0 Å². The number of halogens is 1. The summed E-state index contributed by atoms with van der Waals surface area (Å²) in [6.45, 7) is -0.0313. The van der Waals surface area contributed by atoms with Gasteiger partial charge in [0.05, 0.1) is 21.6 Å². The number of nitrogens with zero attached hydrogens (tertiary/aromatic N) is 1. The van der Waals surface area contributed by atoms with Gasteiger partial charge in [0.25, 0.3) is 11.6 Å². The molecule has 0 aliphatic rings. The Morgan fingerprint density at radius 3 is 2.58 bits per heavy atom. The number of aliphatic hydroxyl groups is 1. The molecule has 6 nitrogen and oxygen atoms in total. The third kappa shape index (κ3) is 4.47. The van der Waals surface area contributed by atoms with Crippen LogP contribution in [0.15, 0.2) is 47.4 Å². The smallest absolute Gasteiger partial charge is 0.269 e. The van der Waals surface area contributed by atoms with E-state index in [4.69, 9.17) is 11.6 Å². The summed E-state index contributed by atoms with van der Waals surface area (Å²) in [5.41, 5.74) is 0.750. The maximum Gasteiger partial charge on any atom is 0.269 e. The van der Waals surface area contributed by atoms with E-state index >= 15 is 0 Å². The van der Waals surface area contributed by atoms with Gasteiger partial charge in [0, 0.05) is 23.6 Å². The molecule has 126 valence electrons. The van der Waals surface area contributed by atoms with Gasteiger partial charge in [0.1, 0.15) is 0 Å². The monoisotopic (exact) mass is 366 g/mol. The maximum absolute atomic E-state index is 12.2. The van der Waals surface area contributed by atoms with Gasteiger partial charge in [-0.1, -0.05) is 11.6 Å². The normalized spacial score (nSPS) is 11.8. The number of non-ortho nitro benzene ring substituents is 1. The Bertz CT molecular complexity index is 752. The molecule has 0 aliphatic heterocycles. The van der Waals surface area contributed by atoms with Gasteiger partial charge in [-0.3, -0.25) is 14.9 Å². The summed E-state index contributed by atoms with van der Waals surface area (Å²) in [6.07, 6.45) is 0.917. The molecular formula is C16H15ClN2O4S. The van der Waals surface area contributed by atoms with E-state index < -0.39 is 16.9 Å². The SMILES string of the molecule is CSc1ccc(Cl)c(C(=O)NCC(O)c2ccc([N+](=O)[O-])cc2)c1. The highest BCUT2D eigenvalue weighted by atomic mass is 35.5. The number of nitro benzene ring substituents is 1. The van der Waals surface area contributed by atoms with Crippen molar-refractivity contribution in [2.24, 2.45) is 0 Å². The molecule has 0 saturated heterocycles.